The summed E-state index contributed by atoms with van der Waals surface area (Å²) in [7, 11) is 0. The highest BCUT2D eigenvalue weighted by Crippen LogP contribution is 2.25. The number of carbonyl (C=O) groups excluding carboxylic acids is 1. The predicted molar refractivity (Wildman–Crippen MR) is 74.4 cm³/mol. The quantitative estimate of drug-likeness (QED) is 0.760. The first-order chi connectivity index (χ1) is 8.11. The molecule has 0 aromatic rings. The third kappa shape index (κ3) is 5.96. The lowest BCUT2D eigenvalue weighted by molar-refractivity contribution is -0.120. The van der Waals surface area contributed by atoms with Gasteiger partial charge < -0.3 is 10.6 Å². The minimum absolute atomic E-state index is 0.0994. The summed E-state index contributed by atoms with van der Waals surface area (Å²) in [4.78, 5) is 15.7. The predicted octanol–water partition coefficient (Wildman–Crippen LogP) is 1.62. The molecule has 0 saturated carbocycles. The van der Waals surface area contributed by atoms with Gasteiger partial charge in [0.05, 0.1) is 6.54 Å². The fourth-order valence-corrected chi connectivity index (χ4v) is 3.01. The van der Waals surface area contributed by atoms with Crippen LogP contribution < -0.4 is 10.6 Å². The molecule has 1 rings (SSSR count). The Kier molecular flexibility index (Phi) is 6.40. The molecule has 17 heavy (non-hydrogen) atoms. The van der Waals surface area contributed by atoms with E-state index in [0.29, 0.717) is 24.8 Å². The lowest BCUT2D eigenvalue weighted by Crippen LogP contribution is -2.29. The molecule has 98 valence electrons. The van der Waals surface area contributed by atoms with Gasteiger partial charge in [0.2, 0.25) is 5.91 Å². The summed E-state index contributed by atoms with van der Waals surface area (Å²) in [6.07, 6.45) is 1.72. The normalized spacial score (nSPS) is 19.3. The van der Waals surface area contributed by atoms with Gasteiger partial charge >= 0.3 is 0 Å². The average Bonchev–Trinajstić information content (AvgIpc) is 2.65. The molecule has 0 spiro atoms. The van der Waals surface area contributed by atoms with E-state index in [2.05, 4.69) is 29.5 Å². The van der Waals surface area contributed by atoms with Crippen LogP contribution in [0, 0.1) is 5.92 Å². The van der Waals surface area contributed by atoms with E-state index >= 15 is 0 Å². The fraction of sp³-hybridized carbons (Fsp3) is 0.833. The van der Waals surface area contributed by atoms with Crippen LogP contribution in [-0.4, -0.2) is 36.0 Å². The number of carbonyl (C=O) groups is 1. The van der Waals surface area contributed by atoms with Crippen LogP contribution in [0.4, 0.5) is 0 Å². The molecule has 0 saturated heterocycles. The van der Waals surface area contributed by atoms with E-state index in [1.54, 1.807) is 0 Å². The van der Waals surface area contributed by atoms with E-state index in [1.165, 1.54) is 6.42 Å². The number of aliphatic imine (C=N–C) groups is 1. The molecular formula is C12H23N3OS. The number of nitrogens with zero attached hydrogens (tertiary/aromatic N) is 1. The van der Waals surface area contributed by atoms with Crippen molar-refractivity contribution in [2.75, 3.05) is 19.6 Å². The Morgan fingerprint density at radius 2 is 2.35 bits per heavy atom. The van der Waals surface area contributed by atoms with Crippen molar-refractivity contribution in [3.63, 3.8) is 0 Å². The van der Waals surface area contributed by atoms with E-state index in [4.69, 9.17) is 0 Å². The summed E-state index contributed by atoms with van der Waals surface area (Å²) >= 11 is 1.81. The highest BCUT2D eigenvalue weighted by atomic mass is 32.2. The minimum atomic E-state index is 0.0994. The molecule has 0 aliphatic carbocycles. The minimum Gasteiger partial charge on any atom is -0.364 e. The van der Waals surface area contributed by atoms with Crippen molar-refractivity contribution in [2.24, 2.45) is 10.9 Å². The highest BCUT2D eigenvalue weighted by molar-refractivity contribution is 8.14. The van der Waals surface area contributed by atoms with Gasteiger partial charge in [0.15, 0.2) is 5.17 Å². The number of hydrogen-bond donors (Lipinski definition) is 2. The van der Waals surface area contributed by atoms with Crippen molar-refractivity contribution in [1.82, 2.24) is 10.6 Å². The molecule has 0 aromatic heterocycles. The highest BCUT2D eigenvalue weighted by Gasteiger charge is 2.20. The van der Waals surface area contributed by atoms with Crippen LogP contribution in [0.25, 0.3) is 0 Å². The molecule has 5 heteroatoms. The third-order valence-electron chi connectivity index (χ3n) is 2.45. The van der Waals surface area contributed by atoms with E-state index in [1.807, 2.05) is 18.7 Å². The zero-order valence-corrected chi connectivity index (χ0v) is 11.8. The SMILES string of the molecule is CCNC(=O)CCNC1=NCC(CC(C)C)S1. The molecule has 1 amide bonds. The molecule has 0 radical (unpaired) electrons. The summed E-state index contributed by atoms with van der Waals surface area (Å²) < 4.78 is 0. The van der Waals surface area contributed by atoms with Gasteiger partial charge in [-0.1, -0.05) is 25.6 Å². The van der Waals surface area contributed by atoms with Gasteiger partial charge in [-0.3, -0.25) is 9.79 Å². The number of thioether (sulfide) groups is 1. The standard InChI is InChI=1S/C12H23N3OS/c1-4-13-11(16)5-6-14-12-15-8-10(17-12)7-9(2)3/h9-10H,4-8H2,1-3H3,(H,13,16)(H,14,15). The summed E-state index contributed by atoms with van der Waals surface area (Å²) in [5, 5.41) is 7.62. The van der Waals surface area contributed by atoms with Crippen LogP contribution in [0.1, 0.15) is 33.6 Å². The molecule has 1 aliphatic rings. The Morgan fingerprint density at radius 1 is 1.59 bits per heavy atom. The number of hydrogen-bond acceptors (Lipinski definition) is 4. The Hall–Kier alpha value is -0.710. The van der Waals surface area contributed by atoms with Crippen LogP contribution in [0.3, 0.4) is 0 Å². The maximum Gasteiger partial charge on any atom is 0.221 e. The van der Waals surface area contributed by atoms with Gasteiger partial charge in [-0.15, -0.1) is 0 Å². The number of nitrogens with one attached hydrogen (secondary N) is 2. The van der Waals surface area contributed by atoms with Crippen molar-refractivity contribution in [3.8, 4) is 0 Å². The van der Waals surface area contributed by atoms with E-state index in [9.17, 15) is 4.79 Å². The second-order valence-corrected chi connectivity index (χ2v) is 5.93. The van der Waals surface area contributed by atoms with Crippen LogP contribution in [0.2, 0.25) is 0 Å². The molecular weight excluding hydrogens is 234 g/mol. The third-order valence-corrected chi connectivity index (χ3v) is 3.62. The van der Waals surface area contributed by atoms with Crippen molar-refractivity contribution < 1.29 is 4.79 Å². The molecule has 1 aliphatic heterocycles. The van der Waals surface area contributed by atoms with Gasteiger partial charge in [-0.05, 0) is 19.3 Å². The first-order valence-corrected chi connectivity index (χ1v) is 7.21. The first-order valence-electron chi connectivity index (χ1n) is 6.33. The van der Waals surface area contributed by atoms with Gasteiger partial charge in [0.1, 0.15) is 0 Å². The Labute approximate surface area is 108 Å². The van der Waals surface area contributed by atoms with Crippen LogP contribution in [0.5, 0.6) is 0 Å². The smallest absolute Gasteiger partial charge is 0.221 e. The van der Waals surface area contributed by atoms with E-state index in [-0.39, 0.29) is 5.91 Å². The zero-order chi connectivity index (χ0) is 12.7. The molecule has 1 heterocycles. The molecule has 0 aromatic carbocycles. The molecule has 2 N–H and O–H groups in total. The number of amidine groups is 1. The van der Waals surface area contributed by atoms with Gasteiger partial charge in [-0.2, -0.15) is 0 Å². The Balaban J connectivity index is 2.11. The topological polar surface area (TPSA) is 53.5 Å². The van der Waals surface area contributed by atoms with E-state index < -0.39 is 0 Å². The molecule has 0 fully saturated rings. The van der Waals surface area contributed by atoms with Crippen molar-refractivity contribution in [2.45, 2.75) is 38.9 Å². The summed E-state index contributed by atoms with van der Waals surface area (Å²) in [6, 6.07) is 0. The maximum atomic E-state index is 11.2. The monoisotopic (exact) mass is 257 g/mol. The summed E-state index contributed by atoms with van der Waals surface area (Å²) in [6.45, 7) is 8.68. The molecule has 1 atom stereocenters. The molecule has 4 nitrogen and oxygen atoms in total. The molecule has 1 unspecified atom stereocenters. The summed E-state index contributed by atoms with van der Waals surface area (Å²) in [5.74, 6) is 0.819. The Bertz CT molecular complexity index is 279. The van der Waals surface area contributed by atoms with Crippen molar-refractivity contribution >= 4 is 22.8 Å². The van der Waals surface area contributed by atoms with Gasteiger partial charge in [0.25, 0.3) is 0 Å². The second kappa shape index (κ2) is 7.58. The van der Waals surface area contributed by atoms with Crippen LogP contribution >= 0.6 is 11.8 Å². The lowest BCUT2D eigenvalue weighted by atomic mass is 10.1. The number of rotatable bonds is 6. The van der Waals surface area contributed by atoms with Crippen LogP contribution in [-0.2, 0) is 4.79 Å². The average molecular weight is 257 g/mol. The second-order valence-electron chi connectivity index (χ2n) is 4.65. The zero-order valence-electron chi connectivity index (χ0n) is 11.0. The molecule has 0 bridgehead atoms. The van der Waals surface area contributed by atoms with Gasteiger partial charge in [0, 0.05) is 24.8 Å². The first kappa shape index (κ1) is 14.4. The Morgan fingerprint density at radius 3 is 3.00 bits per heavy atom. The number of amides is 1. The van der Waals surface area contributed by atoms with Crippen molar-refractivity contribution in [1.29, 1.82) is 0 Å². The largest absolute Gasteiger partial charge is 0.364 e. The summed E-state index contributed by atoms with van der Waals surface area (Å²) in [5.41, 5.74) is 0. The maximum absolute atomic E-state index is 11.2. The lowest BCUT2D eigenvalue weighted by Gasteiger charge is -2.11. The van der Waals surface area contributed by atoms with Gasteiger partial charge in [-0.25, -0.2) is 0 Å². The van der Waals surface area contributed by atoms with Crippen molar-refractivity contribution in [3.05, 3.63) is 0 Å². The fourth-order valence-electron chi connectivity index (χ4n) is 1.73. The van der Waals surface area contributed by atoms with E-state index in [0.717, 1.165) is 17.6 Å². The van der Waals surface area contributed by atoms with Crippen LogP contribution in [0.15, 0.2) is 4.99 Å².